The first-order valence-electron chi connectivity index (χ1n) is 5.18. The molecule has 1 N–H and O–H groups in total. The number of thiophene rings is 1. The standard InChI is InChI=1S/C11H16O2S2/c1-2-3-4-5-6-14-9-7-10(11(12)13)15-8-9/h7-8H,2-6H2,1H3,(H,12,13). The van der Waals surface area contributed by atoms with Gasteiger partial charge in [-0.15, -0.1) is 23.1 Å². The molecule has 84 valence electrons. The minimum atomic E-state index is -0.821. The summed E-state index contributed by atoms with van der Waals surface area (Å²) in [4.78, 5) is 12.2. The quantitative estimate of drug-likeness (QED) is 0.579. The molecule has 1 heterocycles. The van der Waals surface area contributed by atoms with Gasteiger partial charge < -0.3 is 5.11 Å². The molecule has 0 aliphatic rings. The van der Waals surface area contributed by atoms with Crippen LogP contribution in [0.1, 0.15) is 42.3 Å². The van der Waals surface area contributed by atoms with Crippen molar-refractivity contribution in [3.8, 4) is 0 Å². The first-order chi connectivity index (χ1) is 7.24. The van der Waals surface area contributed by atoms with Crippen molar-refractivity contribution in [1.29, 1.82) is 0 Å². The lowest BCUT2D eigenvalue weighted by Crippen LogP contribution is -1.89. The Kier molecular flexibility index (Phi) is 5.79. The summed E-state index contributed by atoms with van der Waals surface area (Å²) in [5.74, 6) is 0.272. The monoisotopic (exact) mass is 244 g/mol. The number of aromatic carboxylic acids is 1. The molecule has 0 unspecified atom stereocenters. The van der Waals surface area contributed by atoms with Gasteiger partial charge in [-0.05, 0) is 18.2 Å². The molecule has 0 fully saturated rings. The number of hydrogen-bond acceptors (Lipinski definition) is 3. The van der Waals surface area contributed by atoms with Crippen LogP contribution in [0.3, 0.4) is 0 Å². The number of carbonyl (C=O) groups is 1. The van der Waals surface area contributed by atoms with Crippen molar-refractivity contribution in [2.45, 2.75) is 37.5 Å². The molecule has 0 aromatic carbocycles. The number of unbranched alkanes of at least 4 members (excludes halogenated alkanes) is 3. The average Bonchev–Trinajstić information content (AvgIpc) is 2.66. The molecule has 1 aromatic rings. The van der Waals surface area contributed by atoms with E-state index in [1.165, 1.54) is 37.0 Å². The topological polar surface area (TPSA) is 37.3 Å². The molecular formula is C11H16O2S2. The van der Waals surface area contributed by atoms with Crippen LogP contribution in [-0.2, 0) is 0 Å². The van der Waals surface area contributed by atoms with Gasteiger partial charge in [0.05, 0.1) is 0 Å². The van der Waals surface area contributed by atoms with Gasteiger partial charge >= 0.3 is 5.97 Å². The van der Waals surface area contributed by atoms with Crippen molar-refractivity contribution in [1.82, 2.24) is 0 Å². The van der Waals surface area contributed by atoms with E-state index < -0.39 is 5.97 Å². The van der Waals surface area contributed by atoms with Crippen LogP contribution in [-0.4, -0.2) is 16.8 Å². The summed E-state index contributed by atoms with van der Waals surface area (Å²) in [6.07, 6.45) is 5.05. The van der Waals surface area contributed by atoms with E-state index in [1.54, 1.807) is 17.8 Å². The van der Waals surface area contributed by atoms with E-state index in [0.717, 1.165) is 10.6 Å². The third-order valence-corrected chi connectivity index (χ3v) is 4.18. The molecular weight excluding hydrogens is 228 g/mol. The SMILES string of the molecule is CCCCCCSc1csc(C(=O)O)c1. The van der Waals surface area contributed by atoms with Gasteiger partial charge in [0.25, 0.3) is 0 Å². The van der Waals surface area contributed by atoms with Crippen LogP contribution in [0.15, 0.2) is 16.3 Å². The van der Waals surface area contributed by atoms with Gasteiger partial charge in [-0.3, -0.25) is 0 Å². The molecule has 0 saturated heterocycles. The van der Waals surface area contributed by atoms with E-state index in [2.05, 4.69) is 6.92 Å². The van der Waals surface area contributed by atoms with Gasteiger partial charge in [-0.1, -0.05) is 26.2 Å². The fourth-order valence-corrected chi connectivity index (χ4v) is 3.11. The lowest BCUT2D eigenvalue weighted by atomic mass is 10.2. The van der Waals surface area contributed by atoms with Crippen molar-refractivity contribution in [2.24, 2.45) is 0 Å². The Morgan fingerprint density at radius 1 is 1.47 bits per heavy atom. The van der Waals surface area contributed by atoms with Crippen molar-refractivity contribution >= 4 is 29.1 Å². The third kappa shape index (κ3) is 4.71. The number of hydrogen-bond donors (Lipinski definition) is 1. The Bertz CT molecular complexity index is 307. The van der Waals surface area contributed by atoms with Gasteiger partial charge in [0.15, 0.2) is 0 Å². The van der Waals surface area contributed by atoms with Crippen molar-refractivity contribution < 1.29 is 9.90 Å². The summed E-state index contributed by atoms with van der Waals surface area (Å²) in [5.41, 5.74) is 0. The van der Waals surface area contributed by atoms with Crippen molar-refractivity contribution in [3.05, 3.63) is 16.3 Å². The summed E-state index contributed by atoms with van der Waals surface area (Å²) in [7, 11) is 0. The zero-order valence-corrected chi connectivity index (χ0v) is 10.5. The van der Waals surface area contributed by atoms with Gasteiger partial charge in [0, 0.05) is 10.3 Å². The molecule has 0 bridgehead atoms. The maximum atomic E-state index is 10.6. The predicted octanol–water partition coefficient (Wildman–Crippen LogP) is 4.12. The maximum Gasteiger partial charge on any atom is 0.345 e. The Hall–Kier alpha value is -0.480. The Balaban J connectivity index is 2.23. The number of carboxylic acids is 1. The number of rotatable bonds is 7. The van der Waals surface area contributed by atoms with E-state index in [0.29, 0.717) is 4.88 Å². The van der Waals surface area contributed by atoms with E-state index in [-0.39, 0.29) is 0 Å². The van der Waals surface area contributed by atoms with Crippen LogP contribution in [0.4, 0.5) is 0 Å². The van der Waals surface area contributed by atoms with Crippen molar-refractivity contribution in [2.75, 3.05) is 5.75 Å². The minimum absolute atomic E-state index is 0.436. The highest BCUT2D eigenvalue weighted by atomic mass is 32.2. The Labute approximate surface area is 98.7 Å². The maximum absolute atomic E-state index is 10.6. The van der Waals surface area contributed by atoms with Gasteiger partial charge in [-0.25, -0.2) is 4.79 Å². The molecule has 1 rings (SSSR count). The Morgan fingerprint density at radius 2 is 2.27 bits per heavy atom. The molecule has 0 atom stereocenters. The van der Waals surface area contributed by atoms with E-state index in [1.807, 2.05) is 5.38 Å². The first kappa shape index (κ1) is 12.6. The molecule has 0 spiro atoms. The Morgan fingerprint density at radius 3 is 2.87 bits per heavy atom. The van der Waals surface area contributed by atoms with E-state index in [4.69, 9.17) is 5.11 Å². The zero-order valence-electron chi connectivity index (χ0n) is 8.86. The van der Waals surface area contributed by atoms with Gasteiger partial charge in [0.1, 0.15) is 4.88 Å². The lowest BCUT2D eigenvalue weighted by molar-refractivity contribution is 0.0702. The molecule has 0 saturated carbocycles. The van der Waals surface area contributed by atoms with Crippen LogP contribution >= 0.6 is 23.1 Å². The second kappa shape index (κ2) is 6.90. The lowest BCUT2D eigenvalue weighted by Gasteiger charge is -1.97. The molecule has 0 aliphatic heterocycles. The smallest absolute Gasteiger partial charge is 0.345 e. The molecule has 2 nitrogen and oxygen atoms in total. The van der Waals surface area contributed by atoms with Crippen LogP contribution < -0.4 is 0 Å². The van der Waals surface area contributed by atoms with Crippen LogP contribution in [0.5, 0.6) is 0 Å². The summed E-state index contributed by atoms with van der Waals surface area (Å²) in [6, 6.07) is 1.76. The van der Waals surface area contributed by atoms with Gasteiger partial charge in [-0.2, -0.15) is 0 Å². The normalized spacial score (nSPS) is 10.5. The third-order valence-electron chi connectivity index (χ3n) is 2.05. The minimum Gasteiger partial charge on any atom is -0.477 e. The highest BCUT2D eigenvalue weighted by Gasteiger charge is 2.06. The van der Waals surface area contributed by atoms with E-state index in [9.17, 15) is 4.79 Å². The van der Waals surface area contributed by atoms with Crippen LogP contribution in [0, 0.1) is 0 Å². The fraction of sp³-hybridized carbons (Fsp3) is 0.545. The predicted molar refractivity (Wildman–Crippen MR) is 66.1 cm³/mol. The summed E-state index contributed by atoms with van der Waals surface area (Å²) in [5, 5.41) is 10.7. The van der Waals surface area contributed by atoms with Crippen LogP contribution in [0.25, 0.3) is 0 Å². The fourth-order valence-electron chi connectivity index (χ4n) is 1.23. The molecule has 0 radical (unpaired) electrons. The highest BCUT2D eigenvalue weighted by molar-refractivity contribution is 7.99. The molecule has 1 aromatic heterocycles. The van der Waals surface area contributed by atoms with Crippen LogP contribution in [0.2, 0.25) is 0 Å². The molecule has 15 heavy (non-hydrogen) atoms. The second-order valence-electron chi connectivity index (χ2n) is 3.36. The second-order valence-corrected chi connectivity index (χ2v) is 5.44. The zero-order chi connectivity index (χ0) is 11.1. The van der Waals surface area contributed by atoms with Crippen molar-refractivity contribution in [3.63, 3.8) is 0 Å². The average molecular weight is 244 g/mol. The number of carboxylic acid groups (broad SMARTS) is 1. The highest BCUT2D eigenvalue weighted by Crippen LogP contribution is 2.25. The molecule has 4 heteroatoms. The van der Waals surface area contributed by atoms with E-state index >= 15 is 0 Å². The molecule has 0 aliphatic carbocycles. The summed E-state index contributed by atoms with van der Waals surface area (Å²) >= 11 is 3.06. The first-order valence-corrected chi connectivity index (χ1v) is 7.05. The molecule has 0 amide bonds. The largest absolute Gasteiger partial charge is 0.477 e. The van der Waals surface area contributed by atoms with Gasteiger partial charge in [0.2, 0.25) is 0 Å². The number of thioether (sulfide) groups is 1. The summed E-state index contributed by atoms with van der Waals surface area (Å²) < 4.78 is 0. The summed E-state index contributed by atoms with van der Waals surface area (Å²) in [6.45, 7) is 2.20.